The van der Waals surface area contributed by atoms with E-state index in [9.17, 15) is 18.4 Å². The van der Waals surface area contributed by atoms with E-state index in [1.807, 2.05) is 35.2 Å². The molecule has 0 aromatic heterocycles. The minimum Gasteiger partial charge on any atom is -0.351 e. The molecule has 3 fully saturated rings. The number of nitrogens with one attached hydrogen (secondary N) is 1. The van der Waals surface area contributed by atoms with Crippen molar-refractivity contribution in [2.24, 2.45) is 5.92 Å². The van der Waals surface area contributed by atoms with Crippen LogP contribution in [0.3, 0.4) is 0 Å². The van der Waals surface area contributed by atoms with Gasteiger partial charge in [0.2, 0.25) is 5.91 Å². The molecule has 1 saturated carbocycles. The molecule has 7 heteroatoms. The molecule has 5 nitrogen and oxygen atoms in total. The zero-order chi connectivity index (χ0) is 21.1. The van der Waals surface area contributed by atoms with Crippen LogP contribution < -0.4 is 5.32 Å². The fraction of sp³-hybridized carbons (Fsp3) is 0.652. The summed E-state index contributed by atoms with van der Waals surface area (Å²) in [5.41, 5.74) is 0.627. The summed E-state index contributed by atoms with van der Waals surface area (Å²) in [6, 6.07) is 8.89. The Morgan fingerprint density at radius 2 is 1.73 bits per heavy atom. The largest absolute Gasteiger partial charge is 0.351 e. The standard InChI is InChI=1S/C23H31F2N3O2/c24-21(25)15-27-12-10-18(11-13-27)26-22(29)20-14-17-8-4-5-9-19(17)28(20)23(30)16-6-2-1-3-7-16/h1-3,6-7,17-21H,4-5,8-15H2,(H,26,29). The van der Waals surface area contributed by atoms with E-state index in [1.54, 1.807) is 4.90 Å². The SMILES string of the molecule is O=C(NC1CCN(CC(F)F)CC1)C1CC2CCCCC2N1C(=O)c1ccccc1. The van der Waals surface area contributed by atoms with Crippen LogP contribution in [0.25, 0.3) is 0 Å². The molecule has 4 rings (SSSR count). The summed E-state index contributed by atoms with van der Waals surface area (Å²) in [7, 11) is 0. The van der Waals surface area contributed by atoms with Gasteiger partial charge in [-0.2, -0.15) is 0 Å². The van der Waals surface area contributed by atoms with Crippen molar-refractivity contribution in [1.82, 2.24) is 15.1 Å². The normalized spacial score (nSPS) is 27.8. The molecule has 0 spiro atoms. The number of nitrogens with zero attached hydrogens (tertiary/aromatic N) is 2. The van der Waals surface area contributed by atoms with Crippen LogP contribution >= 0.6 is 0 Å². The number of carbonyl (C=O) groups excluding carboxylic acids is 2. The minimum atomic E-state index is -2.32. The van der Waals surface area contributed by atoms with Gasteiger partial charge in [-0.1, -0.05) is 31.0 Å². The van der Waals surface area contributed by atoms with Gasteiger partial charge in [0.15, 0.2) is 0 Å². The zero-order valence-corrected chi connectivity index (χ0v) is 17.3. The van der Waals surface area contributed by atoms with E-state index in [4.69, 9.17) is 0 Å². The lowest BCUT2D eigenvalue weighted by molar-refractivity contribution is -0.126. The topological polar surface area (TPSA) is 52.7 Å². The van der Waals surface area contributed by atoms with Crippen molar-refractivity contribution < 1.29 is 18.4 Å². The second-order valence-electron chi connectivity index (χ2n) is 8.92. The molecular weight excluding hydrogens is 388 g/mol. The highest BCUT2D eigenvalue weighted by Crippen LogP contribution is 2.40. The molecule has 164 valence electrons. The highest BCUT2D eigenvalue weighted by atomic mass is 19.3. The van der Waals surface area contributed by atoms with E-state index in [2.05, 4.69) is 5.32 Å². The first-order valence-electron chi connectivity index (χ1n) is 11.2. The molecule has 1 aromatic rings. The van der Waals surface area contributed by atoms with Gasteiger partial charge in [0.1, 0.15) is 6.04 Å². The van der Waals surface area contributed by atoms with Crippen molar-refractivity contribution >= 4 is 11.8 Å². The molecule has 1 aromatic carbocycles. The van der Waals surface area contributed by atoms with E-state index in [0.717, 1.165) is 32.1 Å². The first-order valence-corrected chi connectivity index (χ1v) is 11.2. The summed E-state index contributed by atoms with van der Waals surface area (Å²) in [6.45, 7) is 0.932. The molecule has 2 aliphatic heterocycles. The second kappa shape index (κ2) is 9.41. The van der Waals surface area contributed by atoms with Crippen LogP contribution in [-0.2, 0) is 4.79 Å². The summed E-state index contributed by atoms with van der Waals surface area (Å²) in [5.74, 6) is 0.243. The Balaban J connectivity index is 1.43. The number of carbonyl (C=O) groups is 2. The molecular formula is C23H31F2N3O2. The van der Waals surface area contributed by atoms with Crippen LogP contribution in [0.2, 0.25) is 0 Å². The molecule has 3 aliphatic rings. The van der Waals surface area contributed by atoms with Crippen LogP contribution in [0.5, 0.6) is 0 Å². The number of benzene rings is 1. The average Bonchev–Trinajstić information content (AvgIpc) is 3.14. The molecule has 2 amide bonds. The Labute approximate surface area is 176 Å². The number of alkyl halides is 2. The van der Waals surface area contributed by atoms with Gasteiger partial charge < -0.3 is 10.2 Å². The smallest absolute Gasteiger partial charge is 0.254 e. The van der Waals surface area contributed by atoms with Crippen molar-refractivity contribution in [2.45, 2.75) is 69.5 Å². The Kier molecular flexibility index (Phi) is 6.66. The van der Waals surface area contributed by atoms with E-state index < -0.39 is 12.5 Å². The van der Waals surface area contributed by atoms with Crippen LogP contribution in [0.4, 0.5) is 8.78 Å². The molecule has 30 heavy (non-hydrogen) atoms. The fourth-order valence-electron chi connectivity index (χ4n) is 5.47. The van der Waals surface area contributed by atoms with E-state index in [0.29, 0.717) is 37.4 Å². The van der Waals surface area contributed by atoms with E-state index in [-0.39, 0.29) is 30.4 Å². The fourth-order valence-corrected chi connectivity index (χ4v) is 5.47. The van der Waals surface area contributed by atoms with E-state index >= 15 is 0 Å². The molecule has 3 atom stereocenters. The third-order valence-corrected chi connectivity index (χ3v) is 6.98. The number of halogens is 2. The van der Waals surface area contributed by atoms with Gasteiger partial charge >= 0.3 is 0 Å². The van der Waals surface area contributed by atoms with Gasteiger partial charge in [-0.05, 0) is 50.2 Å². The predicted molar refractivity (Wildman–Crippen MR) is 110 cm³/mol. The Bertz CT molecular complexity index is 737. The van der Waals surface area contributed by atoms with Crippen molar-refractivity contribution in [3.05, 3.63) is 35.9 Å². The highest BCUT2D eigenvalue weighted by Gasteiger charge is 2.47. The summed E-state index contributed by atoms with van der Waals surface area (Å²) >= 11 is 0. The lowest BCUT2D eigenvalue weighted by atomic mass is 9.84. The number of likely N-dealkylation sites (tertiary alicyclic amines) is 2. The van der Waals surface area contributed by atoms with Crippen molar-refractivity contribution in [2.75, 3.05) is 19.6 Å². The molecule has 2 saturated heterocycles. The zero-order valence-electron chi connectivity index (χ0n) is 17.3. The third kappa shape index (κ3) is 4.66. The average molecular weight is 420 g/mol. The van der Waals surface area contributed by atoms with Crippen molar-refractivity contribution in [3.63, 3.8) is 0 Å². The quantitative estimate of drug-likeness (QED) is 0.797. The molecule has 1 N–H and O–H groups in total. The molecule has 1 aliphatic carbocycles. The summed E-state index contributed by atoms with van der Waals surface area (Å²) in [4.78, 5) is 30.1. The molecule has 0 bridgehead atoms. The lowest BCUT2D eigenvalue weighted by Gasteiger charge is -2.35. The number of hydrogen-bond donors (Lipinski definition) is 1. The first-order chi connectivity index (χ1) is 14.5. The number of piperidine rings is 1. The Morgan fingerprint density at radius 1 is 1.03 bits per heavy atom. The first kappa shape index (κ1) is 21.2. The van der Waals surface area contributed by atoms with Crippen molar-refractivity contribution in [1.29, 1.82) is 0 Å². The van der Waals surface area contributed by atoms with Crippen LogP contribution in [0.15, 0.2) is 30.3 Å². The van der Waals surface area contributed by atoms with Gasteiger partial charge in [-0.15, -0.1) is 0 Å². The maximum Gasteiger partial charge on any atom is 0.254 e. The minimum absolute atomic E-state index is 0.0114. The summed E-state index contributed by atoms with van der Waals surface area (Å²) in [6.07, 6.45) is 4.02. The van der Waals surface area contributed by atoms with Crippen LogP contribution in [0, 0.1) is 5.92 Å². The van der Waals surface area contributed by atoms with E-state index in [1.165, 1.54) is 0 Å². The summed E-state index contributed by atoms with van der Waals surface area (Å²) < 4.78 is 25.2. The molecule has 0 radical (unpaired) electrons. The van der Waals surface area contributed by atoms with Crippen LogP contribution in [0.1, 0.15) is 55.3 Å². The number of fused-ring (bicyclic) bond motifs is 1. The maximum atomic E-state index is 13.3. The van der Waals surface area contributed by atoms with Gasteiger partial charge in [-0.25, -0.2) is 8.78 Å². The number of amides is 2. The maximum absolute atomic E-state index is 13.3. The number of rotatable bonds is 5. The van der Waals surface area contributed by atoms with Gasteiger partial charge in [-0.3, -0.25) is 14.5 Å². The lowest BCUT2D eigenvalue weighted by Crippen LogP contribution is -2.53. The number of hydrogen-bond acceptors (Lipinski definition) is 3. The monoisotopic (exact) mass is 419 g/mol. The van der Waals surface area contributed by atoms with Gasteiger partial charge in [0.25, 0.3) is 12.3 Å². The third-order valence-electron chi connectivity index (χ3n) is 6.98. The highest BCUT2D eigenvalue weighted by molar-refractivity contribution is 5.98. The van der Waals surface area contributed by atoms with Gasteiger partial charge in [0, 0.05) is 30.7 Å². The predicted octanol–water partition coefficient (Wildman–Crippen LogP) is 3.31. The molecule has 3 unspecified atom stereocenters. The van der Waals surface area contributed by atoms with Crippen LogP contribution in [-0.4, -0.2) is 65.8 Å². The Hall–Kier alpha value is -2.02. The van der Waals surface area contributed by atoms with Gasteiger partial charge in [0.05, 0.1) is 6.54 Å². The van der Waals surface area contributed by atoms with Crippen molar-refractivity contribution in [3.8, 4) is 0 Å². The second-order valence-corrected chi connectivity index (χ2v) is 8.92. The molecule has 2 heterocycles. The Morgan fingerprint density at radius 3 is 2.43 bits per heavy atom. The summed E-state index contributed by atoms with van der Waals surface area (Å²) in [5, 5.41) is 3.13.